The van der Waals surface area contributed by atoms with Gasteiger partial charge in [-0.3, -0.25) is 9.36 Å². The van der Waals surface area contributed by atoms with Crippen LogP contribution < -0.4 is 0 Å². The third-order valence-corrected chi connectivity index (χ3v) is 4.00. The van der Waals surface area contributed by atoms with Gasteiger partial charge in [-0.25, -0.2) is 4.98 Å². The second-order valence-corrected chi connectivity index (χ2v) is 7.55. The average molecular weight is 362 g/mol. The van der Waals surface area contributed by atoms with Gasteiger partial charge < -0.3 is 0 Å². The Kier molecular flexibility index (Phi) is 5.76. The molecule has 2 aromatic rings. The number of allylic oxidation sites excluding steroid dienone is 1. The topological polar surface area (TPSA) is 34.9 Å². The Morgan fingerprint density at radius 2 is 2.00 bits per heavy atom. The highest BCUT2D eigenvalue weighted by Gasteiger charge is 2.19. The number of halogens is 3. The van der Waals surface area contributed by atoms with E-state index in [0.29, 0.717) is 0 Å². The number of imidazole rings is 1. The molecule has 0 N–H and O–H groups in total. The van der Waals surface area contributed by atoms with Gasteiger partial charge in [0.25, 0.3) is 5.24 Å². The molecule has 21 heavy (non-hydrogen) atoms. The summed E-state index contributed by atoms with van der Waals surface area (Å²) in [6, 6.07) is 9.53. The molecule has 7 heteroatoms. The standard InChI is InChI=1S/C14H11Cl3N2OS/c15-14(16,17)7-6-12(11-4-2-1-3-5-11)21-13(20)19-9-8-18-10-19/h1-10,12H/b7-6+/t12-/m0/s1. The van der Waals surface area contributed by atoms with Crippen molar-refractivity contribution in [2.45, 2.75) is 9.04 Å². The van der Waals surface area contributed by atoms with Gasteiger partial charge in [0.15, 0.2) is 0 Å². The Bertz CT molecular complexity index is 609. The van der Waals surface area contributed by atoms with Crippen molar-refractivity contribution in [2.75, 3.05) is 0 Å². The van der Waals surface area contributed by atoms with Crippen LogP contribution >= 0.6 is 46.6 Å². The van der Waals surface area contributed by atoms with Crippen LogP contribution in [0.15, 0.2) is 61.2 Å². The lowest BCUT2D eigenvalue weighted by atomic mass is 10.1. The van der Waals surface area contributed by atoms with Gasteiger partial charge in [0.05, 0.1) is 5.25 Å². The molecular weight excluding hydrogens is 351 g/mol. The number of rotatable bonds is 3. The van der Waals surface area contributed by atoms with E-state index in [1.165, 1.54) is 17.0 Å². The molecular formula is C14H11Cl3N2OS. The van der Waals surface area contributed by atoms with Gasteiger partial charge >= 0.3 is 0 Å². The van der Waals surface area contributed by atoms with Crippen LogP contribution in [0.2, 0.25) is 0 Å². The zero-order valence-corrected chi connectivity index (χ0v) is 13.8. The molecule has 2 rings (SSSR count). The molecule has 0 unspecified atom stereocenters. The SMILES string of the molecule is O=C(S[C@@H](/C=C/C(Cl)(Cl)Cl)c1ccccc1)n1ccnc1. The first-order chi connectivity index (χ1) is 9.96. The monoisotopic (exact) mass is 360 g/mol. The summed E-state index contributed by atoms with van der Waals surface area (Å²) in [5, 5.41) is -0.410. The fourth-order valence-corrected chi connectivity index (χ4v) is 2.71. The third-order valence-electron chi connectivity index (χ3n) is 2.53. The van der Waals surface area contributed by atoms with Gasteiger partial charge in [0.2, 0.25) is 3.79 Å². The minimum Gasteiger partial charge on any atom is -0.267 e. The number of benzene rings is 1. The van der Waals surface area contributed by atoms with E-state index in [0.717, 1.165) is 17.3 Å². The molecule has 0 radical (unpaired) electrons. The maximum absolute atomic E-state index is 12.2. The van der Waals surface area contributed by atoms with Crippen molar-refractivity contribution in [3.63, 3.8) is 0 Å². The smallest absolute Gasteiger partial charge is 0.267 e. The van der Waals surface area contributed by atoms with Crippen molar-refractivity contribution in [2.24, 2.45) is 0 Å². The summed E-state index contributed by atoms with van der Waals surface area (Å²) in [6.45, 7) is 0. The Morgan fingerprint density at radius 3 is 2.57 bits per heavy atom. The van der Waals surface area contributed by atoms with E-state index in [4.69, 9.17) is 34.8 Å². The first kappa shape index (κ1) is 16.4. The summed E-state index contributed by atoms with van der Waals surface area (Å²) in [6.07, 6.45) is 7.75. The van der Waals surface area contributed by atoms with Crippen molar-refractivity contribution >= 4 is 51.8 Å². The summed E-state index contributed by atoms with van der Waals surface area (Å²) in [7, 11) is 0. The Labute approximate surface area is 141 Å². The van der Waals surface area contributed by atoms with Gasteiger partial charge in [-0.2, -0.15) is 0 Å². The maximum Gasteiger partial charge on any atom is 0.291 e. The van der Waals surface area contributed by atoms with Gasteiger partial charge in [-0.05, 0) is 11.6 Å². The molecule has 1 aromatic heterocycles. The van der Waals surface area contributed by atoms with E-state index in [1.807, 2.05) is 30.3 Å². The fraction of sp³-hybridized carbons (Fsp3) is 0.143. The van der Waals surface area contributed by atoms with Gasteiger partial charge in [0.1, 0.15) is 6.33 Å². The lowest BCUT2D eigenvalue weighted by Crippen LogP contribution is -2.06. The summed E-state index contributed by atoms with van der Waals surface area (Å²) in [5.41, 5.74) is 0.946. The molecule has 0 saturated carbocycles. The third kappa shape index (κ3) is 5.40. The molecule has 1 aromatic carbocycles. The van der Waals surface area contributed by atoms with Crippen molar-refractivity contribution in [3.05, 3.63) is 66.8 Å². The van der Waals surface area contributed by atoms with Gasteiger partial charge in [-0.15, -0.1) is 0 Å². The molecule has 1 atom stereocenters. The number of hydrogen-bond donors (Lipinski definition) is 0. The van der Waals surface area contributed by atoms with E-state index in [2.05, 4.69) is 4.98 Å². The van der Waals surface area contributed by atoms with Crippen molar-refractivity contribution in [1.29, 1.82) is 0 Å². The van der Waals surface area contributed by atoms with Crippen LogP contribution in [0.25, 0.3) is 0 Å². The lowest BCUT2D eigenvalue weighted by molar-refractivity contribution is 0.262. The van der Waals surface area contributed by atoms with E-state index in [1.54, 1.807) is 18.5 Å². The van der Waals surface area contributed by atoms with Gasteiger partial charge in [-0.1, -0.05) is 83.0 Å². The minimum absolute atomic E-state index is 0.157. The van der Waals surface area contributed by atoms with Crippen LogP contribution in [-0.2, 0) is 0 Å². The number of aromatic nitrogens is 2. The van der Waals surface area contributed by atoms with E-state index in [-0.39, 0.29) is 10.5 Å². The molecule has 0 saturated heterocycles. The van der Waals surface area contributed by atoms with E-state index >= 15 is 0 Å². The highest BCUT2D eigenvalue weighted by molar-refractivity contribution is 8.13. The quantitative estimate of drug-likeness (QED) is 0.553. The predicted octanol–water partition coefficient (Wildman–Crippen LogP) is 5.25. The molecule has 0 aliphatic heterocycles. The van der Waals surface area contributed by atoms with Crippen LogP contribution in [0.3, 0.4) is 0 Å². The number of alkyl halides is 3. The Morgan fingerprint density at radius 1 is 1.29 bits per heavy atom. The molecule has 3 nitrogen and oxygen atoms in total. The first-order valence-corrected chi connectivity index (χ1v) is 7.97. The van der Waals surface area contributed by atoms with Crippen molar-refractivity contribution in [1.82, 2.24) is 9.55 Å². The normalized spacial score (nSPS) is 13.5. The number of nitrogens with zero attached hydrogens (tertiary/aromatic N) is 2. The maximum atomic E-state index is 12.2. The molecule has 110 valence electrons. The van der Waals surface area contributed by atoms with Crippen LogP contribution in [-0.4, -0.2) is 18.6 Å². The van der Waals surface area contributed by atoms with E-state index < -0.39 is 3.79 Å². The first-order valence-electron chi connectivity index (χ1n) is 5.96. The predicted molar refractivity (Wildman–Crippen MR) is 89.2 cm³/mol. The summed E-state index contributed by atoms with van der Waals surface area (Å²) in [5.74, 6) is 0. The summed E-state index contributed by atoms with van der Waals surface area (Å²) < 4.78 is -0.0879. The molecule has 0 bridgehead atoms. The number of hydrogen-bond acceptors (Lipinski definition) is 3. The summed E-state index contributed by atoms with van der Waals surface area (Å²) in [4.78, 5) is 16.0. The zero-order chi connectivity index (χ0) is 15.3. The average Bonchev–Trinajstić information content (AvgIpc) is 2.97. The molecule has 0 fully saturated rings. The number of thioether (sulfide) groups is 1. The molecule has 0 aliphatic rings. The number of carbonyl (C=O) groups excluding carboxylic acids is 1. The Hall–Kier alpha value is -0.940. The zero-order valence-electron chi connectivity index (χ0n) is 10.7. The Balaban J connectivity index is 2.20. The lowest BCUT2D eigenvalue weighted by Gasteiger charge is -2.13. The van der Waals surface area contributed by atoms with Crippen LogP contribution in [0.5, 0.6) is 0 Å². The highest BCUT2D eigenvalue weighted by atomic mass is 35.6. The van der Waals surface area contributed by atoms with Crippen molar-refractivity contribution < 1.29 is 4.79 Å². The molecule has 0 aliphatic carbocycles. The molecule has 0 spiro atoms. The molecule has 1 heterocycles. The van der Waals surface area contributed by atoms with E-state index in [9.17, 15) is 4.79 Å². The van der Waals surface area contributed by atoms with Crippen molar-refractivity contribution in [3.8, 4) is 0 Å². The molecule has 0 amide bonds. The van der Waals surface area contributed by atoms with Gasteiger partial charge in [0, 0.05) is 12.4 Å². The van der Waals surface area contributed by atoms with Crippen LogP contribution in [0, 0.1) is 0 Å². The highest BCUT2D eigenvalue weighted by Crippen LogP contribution is 2.35. The largest absolute Gasteiger partial charge is 0.291 e. The second-order valence-electron chi connectivity index (χ2n) is 4.09. The number of carbonyl (C=O) groups is 1. The summed E-state index contributed by atoms with van der Waals surface area (Å²) >= 11 is 18.3. The second kappa shape index (κ2) is 7.36. The fourth-order valence-electron chi connectivity index (χ4n) is 1.59. The van der Waals surface area contributed by atoms with Crippen LogP contribution in [0.4, 0.5) is 4.79 Å². The van der Waals surface area contributed by atoms with Crippen LogP contribution in [0.1, 0.15) is 10.8 Å². The minimum atomic E-state index is -1.49.